The fourth-order valence-corrected chi connectivity index (χ4v) is 1.36. The van der Waals surface area contributed by atoms with Crippen molar-refractivity contribution in [3.63, 3.8) is 0 Å². The first-order valence-electron chi connectivity index (χ1n) is 5.20. The predicted molar refractivity (Wildman–Crippen MR) is 51.9 cm³/mol. The molecule has 5 heteroatoms. The molecule has 0 radical (unpaired) electrons. The third-order valence-electron chi connectivity index (χ3n) is 2.22. The normalized spacial score (nSPS) is 17.7. The van der Waals surface area contributed by atoms with Gasteiger partial charge in [-0.25, -0.2) is 0 Å². The number of hydrogen-bond acceptors (Lipinski definition) is 5. The summed E-state index contributed by atoms with van der Waals surface area (Å²) in [5, 5.41) is 0. The fraction of sp³-hybridized carbons (Fsp3) is 0.900. The van der Waals surface area contributed by atoms with Gasteiger partial charge in [-0.2, -0.15) is 0 Å². The number of esters is 1. The Labute approximate surface area is 89.6 Å². The van der Waals surface area contributed by atoms with Crippen LogP contribution in [0.15, 0.2) is 0 Å². The summed E-state index contributed by atoms with van der Waals surface area (Å²) in [5.41, 5.74) is 0. The molecule has 0 amide bonds. The van der Waals surface area contributed by atoms with E-state index in [1.807, 2.05) is 0 Å². The van der Waals surface area contributed by atoms with Gasteiger partial charge < -0.3 is 18.9 Å². The Bertz CT molecular complexity index is 177. The monoisotopic (exact) mass is 218 g/mol. The zero-order chi connectivity index (χ0) is 10.9. The van der Waals surface area contributed by atoms with Gasteiger partial charge >= 0.3 is 5.97 Å². The van der Waals surface area contributed by atoms with Crippen molar-refractivity contribution in [3.05, 3.63) is 0 Å². The largest absolute Gasteiger partial charge is 0.469 e. The summed E-state index contributed by atoms with van der Waals surface area (Å²) in [4.78, 5) is 10.8. The smallest absolute Gasteiger partial charge is 0.305 e. The van der Waals surface area contributed by atoms with Crippen molar-refractivity contribution in [3.8, 4) is 0 Å². The average Bonchev–Trinajstić information content (AvgIpc) is 2.29. The molecule has 1 rings (SSSR count). The van der Waals surface area contributed by atoms with Crippen LogP contribution in [0.1, 0.15) is 32.1 Å². The second kappa shape index (κ2) is 7.62. The highest BCUT2D eigenvalue weighted by Crippen LogP contribution is 2.12. The van der Waals surface area contributed by atoms with E-state index in [0.29, 0.717) is 20.0 Å². The summed E-state index contributed by atoms with van der Waals surface area (Å²) in [6.07, 6.45) is 4.03. The molecule has 0 aliphatic carbocycles. The van der Waals surface area contributed by atoms with Crippen LogP contribution in [0.4, 0.5) is 0 Å². The highest BCUT2D eigenvalue weighted by molar-refractivity contribution is 5.68. The van der Waals surface area contributed by atoms with Crippen LogP contribution in [-0.4, -0.2) is 33.0 Å². The molecule has 1 heterocycles. The third kappa shape index (κ3) is 5.71. The molecule has 1 aliphatic rings. The Morgan fingerprint density at radius 1 is 1.27 bits per heavy atom. The molecule has 1 fully saturated rings. The molecule has 15 heavy (non-hydrogen) atoms. The molecule has 0 unspecified atom stereocenters. The first-order valence-corrected chi connectivity index (χ1v) is 5.20. The van der Waals surface area contributed by atoms with Crippen LogP contribution in [0.2, 0.25) is 0 Å². The summed E-state index contributed by atoms with van der Waals surface area (Å²) >= 11 is 0. The lowest BCUT2D eigenvalue weighted by Crippen LogP contribution is -2.26. The van der Waals surface area contributed by atoms with Gasteiger partial charge in [0.2, 0.25) is 0 Å². The summed E-state index contributed by atoms with van der Waals surface area (Å²) in [5.74, 6) is -0.145. The van der Waals surface area contributed by atoms with Gasteiger partial charge in [0, 0.05) is 6.42 Å². The van der Waals surface area contributed by atoms with Gasteiger partial charge in [0.1, 0.15) is 0 Å². The zero-order valence-corrected chi connectivity index (χ0v) is 9.07. The lowest BCUT2D eigenvalue weighted by Gasteiger charge is -2.22. The Morgan fingerprint density at radius 3 is 2.67 bits per heavy atom. The minimum atomic E-state index is -0.145. The second-order valence-electron chi connectivity index (χ2n) is 3.38. The Morgan fingerprint density at radius 2 is 2.00 bits per heavy atom. The Balaban J connectivity index is 1.89. The molecule has 0 aromatic heterocycles. The lowest BCUT2D eigenvalue weighted by molar-refractivity contribution is -0.300. The summed E-state index contributed by atoms with van der Waals surface area (Å²) in [6, 6.07) is 0. The molecular formula is C10H18O5. The molecule has 0 spiro atoms. The van der Waals surface area contributed by atoms with Gasteiger partial charge in [-0.15, -0.1) is 0 Å². The van der Waals surface area contributed by atoms with Crippen LogP contribution in [0.25, 0.3) is 0 Å². The van der Waals surface area contributed by atoms with Gasteiger partial charge in [0.05, 0.1) is 7.11 Å². The van der Waals surface area contributed by atoms with E-state index in [4.69, 9.17) is 14.2 Å². The third-order valence-corrected chi connectivity index (χ3v) is 2.22. The van der Waals surface area contributed by atoms with Crippen molar-refractivity contribution in [2.24, 2.45) is 0 Å². The summed E-state index contributed by atoms with van der Waals surface area (Å²) in [7, 11) is 1.41. The van der Waals surface area contributed by atoms with Crippen LogP contribution in [-0.2, 0) is 23.7 Å². The maximum absolute atomic E-state index is 10.8. The first-order chi connectivity index (χ1) is 7.33. The van der Waals surface area contributed by atoms with Crippen molar-refractivity contribution < 1.29 is 23.7 Å². The molecule has 0 aromatic rings. The molecule has 88 valence electrons. The predicted octanol–water partition coefficient (Wildman–Crippen LogP) is 1.41. The van der Waals surface area contributed by atoms with Crippen LogP contribution in [0, 0.1) is 0 Å². The van der Waals surface area contributed by atoms with Gasteiger partial charge in [-0.3, -0.25) is 4.79 Å². The number of rotatable bonds is 6. The zero-order valence-electron chi connectivity index (χ0n) is 9.07. The van der Waals surface area contributed by atoms with E-state index in [0.717, 1.165) is 25.7 Å². The van der Waals surface area contributed by atoms with Gasteiger partial charge in [0.15, 0.2) is 19.9 Å². The van der Waals surface area contributed by atoms with Gasteiger partial charge in [-0.05, 0) is 19.3 Å². The van der Waals surface area contributed by atoms with Gasteiger partial charge in [-0.1, -0.05) is 6.42 Å². The van der Waals surface area contributed by atoms with E-state index in [1.54, 1.807) is 0 Å². The maximum atomic E-state index is 10.8. The average molecular weight is 218 g/mol. The highest BCUT2D eigenvalue weighted by Gasteiger charge is 2.13. The SMILES string of the molecule is COC(=O)CCCCCC1OCOCO1. The Hall–Kier alpha value is -0.650. The summed E-state index contributed by atoms with van der Waals surface area (Å²) < 4.78 is 19.8. The molecule has 1 saturated heterocycles. The highest BCUT2D eigenvalue weighted by atomic mass is 16.8. The Kier molecular flexibility index (Phi) is 6.31. The van der Waals surface area contributed by atoms with Crippen LogP contribution < -0.4 is 0 Å². The standard InChI is InChI=1S/C10H18O5/c1-12-9(11)5-3-2-4-6-10-14-7-13-8-15-10/h10H,2-8H2,1H3. The topological polar surface area (TPSA) is 54.0 Å². The van der Waals surface area contributed by atoms with E-state index in [9.17, 15) is 4.79 Å². The number of carbonyl (C=O) groups excluding carboxylic acids is 1. The van der Waals surface area contributed by atoms with E-state index in [2.05, 4.69) is 4.74 Å². The van der Waals surface area contributed by atoms with E-state index in [-0.39, 0.29) is 12.3 Å². The van der Waals surface area contributed by atoms with Crippen molar-refractivity contribution in [2.75, 3.05) is 20.7 Å². The number of methoxy groups -OCH3 is 1. The molecule has 0 atom stereocenters. The quantitative estimate of drug-likeness (QED) is 0.498. The van der Waals surface area contributed by atoms with Crippen molar-refractivity contribution >= 4 is 5.97 Å². The lowest BCUT2D eigenvalue weighted by atomic mass is 10.1. The minimum Gasteiger partial charge on any atom is -0.469 e. The molecular weight excluding hydrogens is 200 g/mol. The molecule has 1 aliphatic heterocycles. The van der Waals surface area contributed by atoms with E-state index in [1.165, 1.54) is 7.11 Å². The molecule has 0 bridgehead atoms. The number of carbonyl (C=O) groups is 1. The summed E-state index contributed by atoms with van der Waals surface area (Å²) in [6.45, 7) is 0.625. The molecule has 5 nitrogen and oxygen atoms in total. The van der Waals surface area contributed by atoms with Crippen LogP contribution in [0.3, 0.4) is 0 Å². The van der Waals surface area contributed by atoms with E-state index < -0.39 is 0 Å². The number of ether oxygens (including phenoxy) is 4. The molecule has 0 N–H and O–H groups in total. The van der Waals surface area contributed by atoms with Crippen molar-refractivity contribution in [1.82, 2.24) is 0 Å². The maximum Gasteiger partial charge on any atom is 0.305 e. The molecule has 0 aromatic carbocycles. The van der Waals surface area contributed by atoms with E-state index >= 15 is 0 Å². The van der Waals surface area contributed by atoms with Crippen LogP contribution >= 0.6 is 0 Å². The minimum absolute atomic E-state index is 0.142. The number of unbranched alkanes of at least 4 members (excludes halogenated alkanes) is 2. The van der Waals surface area contributed by atoms with Crippen molar-refractivity contribution in [1.29, 1.82) is 0 Å². The van der Waals surface area contributed by atoms with Crippen molar-refractivity contribution in [2.45, 2.75) is 38.4 Å². The van der Waals surface area contributed by atoms with Gasteiger partial charge in [0.25, 0.3) is 0 Å². The van der Waals surface area contributed by atoms with Crippen LogP contribution in [0.5, 0.6) is 0 Å². The second-order valence-corrected chi connectivity index (χ2v) is 3.38. The number of hydrogen-bond donors (Lipinski definition) is 0. The molecule has 0 saturated carbocycles. The fourth-order valence-electron chi connectivity index (χ4n) is 1.36. The first kappa shape index (κ1) is 12.4.